The topological polar surface area (TPSA) is 21.1 Å². The van der Waals surface area contributed by atoms with Crippen LogP contribution in [0.2, 0.25) is 5.02 Å². The second-order valence-electron chi connectivity index (χ2n) is 5.63. The van der Waals surface area contributed by atoms with Crippen molar-refractivity contribution in [3.8, 4) is 0 Å². The van der Waals surface area contributed by atoms with Crippen LogP contribution in [-0.4, -0.2) is 34.6 Å². The first-order valence-electron chi connectivity index (χ1n) is 7.07. The molecule has 0 aliphatic carbocycles. The Labute approximate surface area is 129 Å². The molecule has 0 spiro atoms. The average Bonchev–Trinajstić information content (AvgIpc) is 2.81. The fraction of sp³-hybridized carbons (Fsp3) is 0.533. The zero-order valence-electron chi connectivity index (χ0n) is 11.6. The van der Waals surface area contributed by atoms with E-state index >= 15 is 0 Å². The number of hydrogen-bond acceptors (Lipinski definition) is 2. The summed E-state index contributed by atoms with van der Waals surface area (Å²) in [6.07, 6.45) is 2.45. The largest absolute Gasteiger partial charge is 0.325 e. The molecule has 0 amide bonds. The molecule has 2 heterocycles. The Kier molecular flexibility index (Phi) is 4.20. The average molecular weight is 312 g/mol. The second-order valence-corrected chi connectivity index (χ2v) is 6.30. The molecule has 0 saturated carbocycles. The number of imidazole rings is 1. The third-order valence-corrected chi connectivity index (χ3v) is 4.74. The van der Waals surface area contributed by atoms with Gasteiger partial charge in [0.1, 0.15) is 5.82 Å². The molecule has 1 saturated heterocycles. The fourth-order valence-electron chi connectivity index (χ4n) is 2.99. The highest BCUT2D eigenvalue weighted by molar-refractivity contribution is 6.35. The van der Waals surface area contributed by atoms with Crippen LogP contribution < -0.4 is 0 Å². The molecule has 1 fully saturated rings. The standard InChI is InChI=1S/C15H19Cl2N3/c1-19-7-5-11(6-8-19)10-20-14(9-16)18-13-4-2-3-12(17)15(13)20/h2-4,11H,5-10H2,1H3. The van der Waals surface area contributed by atoms with E-state index in [0.717, 1.165) is 28.4 Å². The number of nitrogens with zero attached hydrogens (tertiary/aromatic N) is 3. The van der Waals surface area contributed by atoms with Gasteiger partial charge >= 0.3 is 0 Å². The highest BCUT2D eigenvalue weighted by Gasteiger charge is 2.20. The SMILES string of the molecule is CN1CCC(Cn2c(CCl)nc3cccc(Cl)c32)CC1. The predicted octanol–water partition coefficient (Wildman–Crippen LogP) is 3.77. The van der Waals surface area contributed by atoms with Gasteiger partial charge in [-0.05, 0) is 51.0 Å². The Morgan fingerprint density at radius 3 is 2.75 bits per heavy atom. The van der Waals surface area contributed by atoms with E-state index < -0.39 is 0 Å². The second kappa shape index (κ2) is 5.92. The van der Waals surface area contributed by atoms with Crippen LogP contribution in [-0.2, 0) is 12.4 Å². The summed E-state index contributed by atoms with van der Waals surface area (Å²) < 4.78 is 2.22. The number of alkyl halides is 1. The molecule has 20 heavy (non-hydrogen) atoms. The summed E-state index contributed by atoms with van der Waals surface area (Å²) in [6, 6.07) is 5.87. The Hall–Kier alpha value is -0.770. The molecule has 1 aliphatic heterocycles. The summed E-state index contributed by atoms with van der Waals surface area (Å²) >= 11 is 12.4. The van der Waals surface area contributed by atoms with Gasteiger partial charge in [-0.15, -0.1) is 11.6 Å². The van der Waals surface area contributed by atoms with Gasteiger partial charge in [-0.25, -0.2) is 4.98 Å². The van der Waals surface area contributed by atoms with E-state index in [1.807, 2.05) is 18.2 Å². The molecule has 0 radical (unpaired) electrons. The highest BCUT2D eigenvalue weighted by Crippen LogP contribution is 2.28. The van der Waals surface area contributed by atoms with Crippen molar-refractivity contribution in [2.45, 2.75) is 25.3 Å². The van der Waals surface area contributed by atoms with Crippen molar-refractivity contribution in [1.29, 1.82) is 0 Å². The van der Waals surface area contributed by atoms with Crippen LogP contribution in [0, 0.1) is 5.92 Å². The molecular formula is C15H19Cl2N3. The number of fused-ring (bicyclic) bond motifs is 1. The van der Waals surface area contributed by atoms with Gasteiger partial charge in [-0.2, -0.15) is 0 Å². The van der Waals surface area contributed by atoms with Crippen LogP contribution in [0.1, 0.15) is 18.7 Å². The zero-order valence-corrected chi connectivity index (χ0v) is 13.2. The maximum absolute atomic E-state index is 6.36. The first kappa shape index (κ1) is 14.2. The molecular weight excluding hydrogens is 293 g/mol. The number of hydrogen-bond donors (Lipinski definition) is 0. The Morgan fingerprint density at radius 2 is 2.05 bits per heavy atom. The predicted molar refractivity (Wildman–Crippen MR) is 84.5 cm³/mol. The van der Waals surface area contributed by atoms with Gasteiger partial charge in [0.15, 0.2) is 0 Å². The van der Waals surface area contributed by atoms with E-state index in [1.165, 1.54) is 25.9 Å². The summed E-state index contributed by atoms with van der Waals surface area (Å²) in [5.74, 6) is 2.04. The minimum Gasteiger partial charge on any atom is -0.325 e. The van der Waals surface area contributed by atoms with E-state index in [9.17, 15) is 0 Å². The van der Waals surface area contributed by atoms with Gasteiger partial charge in [0, 0.05) is 6.54 Å². The monoisotopic (exact) mass is 311 g/mol. The molecule has 3 nitrogen and oxygen atoms in total. The zero-order chi connectivity index (χ0) is 14.1. The lowest BCUT2D eigenvalue weighted by Crippen LogP contribution is -2.32. The number of rotatable bonds is 3. The number of likely N-dealkylation sites (tertiary alicyclic amines) is 1. The summed E-state index contributed by atoms with van der Waals surface area (Å²) in [5.41, 5.74) is 1.98. The number of piperidine rings is 1. The Morgan fingerprint density at radius 1 is 1.30 bits per heavy atom. The minimum atomic E-state index is 0.428. The van der Waals surface area contributed by atoms with Gasteiger partial charge in [-0.3, -0.25) is 0 Å². The molecule has 0 N–H and O–H groups in total. The van der Waals surface area contributed by atoms with Crippen molar-refractivity contribution in [2.75, 3.05) is 20.1 Å². The van der Waals surface area contributed by atoms with Crippen LogP contribution in [0.25, 0.3) is 11.0 Å². The molecule has 5 heteroatoms. The van der Waals surface area contributed by atoms with E-state index in [-0.39, 0.29) is 0 Å². The highest BCUT2D eigenvalue weighted by atomic mass is 35.5. The van der Waals surface area contributed by atoms with Crippen molar-refractivity contribution < 1.29 is 0 Å². The van der Waals surface area contributed by atoms with Gasteiger partial charge in [0.25, 0.3) is 0 Å². The smallest absolute Gasteiger partial charge is 0.124 e. The van der Waals surface area contributed by atoms with E-state index in [1.54, 1.807) is 0 Å². The molecule has 0 bridgehead atoms. The Balaban J connectivity index is 1.93. The quantitative estimate of drug-likeness (QED) is 0.805. The maximum Gasteiger partial charge on any atom is 0.124 e. The summed E-state index contributed by atoms with van der Waals surface area (Å²) in [6.45, 7) is 3.30. The number of para-hydroxylation sites is 1. The molecule has 3 rings (SSSR count). The van der Waals surface area contributed by atoms with Crippen LogP contribution in [0.15, 0.2) is 18.2 Å². The molecule has 108 valence electrons. The number of aromatic nitrogens is 2. The molecule has 1 aliphatic rings. The molecule has 0 unspecified atom stereocenters. The lowest BCUT2D eigenvalue weighted by Gasteiger charge is -2.29. The molecule has 0 atom stereocenters. The van der Waals surface area contributed by atoms with Crippen LogP contribution in [0.5, 0.6) is 0 Å². The van der Waals surface area contributed by atoms with Gasteiger partial charge in [0.2, 0.25) is 0 Å². The van der Waals surface area contributed by atoms with Gasteiger partial charge in [-0.1, -0.05) is 17.7 Å². The van der Waals surface area contributed by atoms with Crippen molar-refractivity contribution in [3.05, 3.63) is 29.0 Å². The van der Waals surface area contributed by atoms with Gasteiger partial charge < -0.3 is 9.47 Å². The van der Waals surface area contributed by atoms with E-state index in [2.05, 4.69) is 21.5 Å². The van der Waals surface area contributed by atoms with Crippen molar-refractivity contribution >= 4 is 34.2 Å². The third-order valence-electron chi connectivity index (χ3n) is 4.19. The van der Waals surface area contributed by atoms with Crippen LogP contribution in [0.4, 0.5) is 0 Å². The third kappa shape index (κ3) is 2.67. The summed E-state index contributed by atoms with van der Waals surface area (Å²) in [7, 11) is 2.18. The first-order chi connectivity index (χ1) is 9.69. The molecule has 1 aromatic heterocycles. The normalized spacial score (nSPS) is 17.9. The lowest BCUT2D eigenvalue weighted by atomic mass is 9.97. The van der Waals surface area contributed by atoms with E-state index in [0.29, 0.717) is 11.8 Å². The number of halogens is 2. The lowest BCUT2D eigenvalue weighted by molar-refractivity contribution is 0.205. The summed E-state index contributed by atoms with van der Waals surface area (Å²) in [5, 5.41) is 0.763. The van der Waals surface area contributed by atoms with Gasteiger partial charge in [0.05, 0.1) is 21.9 Å². The number of benzene rings is 1. The molecule has 2 aromatic rings. The Bertz CT molecular complexity index is 600. The molecule has 1 aromatic carbocycles. The van der Waals surface area contributed by atoms with Crippen LogP contribution in [0.3, 0.4) is 0 Å². The van der Waals surface area contributed by atoms with Crippen molar-refractivity contribution in [3.63, 3.8) is 0 Å². The van der Waals surface area contributed by atoms with Crippen LogP contribution >= 0.6 is 23.2 Å². The first-order valence-corrected chi connectivity index (χ1v) is 7.98. The van der Waals surface area contributed by atoms with Crippen molar-refractivity contribution in [2.24, 2.45) is 5.92 Å². The van der Waals surface area contributed by atoms with E-state index in [4.69, 9.17) is 23.2 Å². The van der Waals surface area contributed by atoms with Crippen molar-refractivity contribution in [1.82, 2.24) is 14.5 Å². The maximum atomic E-state index is 6.36. The summed E-state index contributed by atoms with van der Waals surface area (Å²) in [4.78, 5) is 7.00. The fourth-order valence-corrected chi connectivity index (χ4v) is 3.47. The minimum absolute atomic E-state index is 0.428.